The van der Waals surface area contributed by atoms with E-state index < -0.39 is 0 Å². The van der Waals surface area contributed by atoms with Gasteiger partial charge in [0.15, 0.2) is 5.65 Å². The molecule has 0 radical (unpaired) electrons. The summed E-state index contributed by atoms with van der Waals surface area (Å²) in [6.45, 7) is 3.44. The number of nitrogens with one attached hydrogen (secondary N) is 2. The average molecular weight is 314 g/mol. The molecule has 8 nitrogen and oxygen atoms in total. The maximum atomic E-state index is 11.3. The quantitative estimate of drug-likeness (QED) is 0.687. The number of aromatic nitrogens is 4. The maximum Gasteiger partial charge on any atom is 0.219 e. The topological polar surface area (TPSA) is 97.9 Å². The molecule has 8 heteroatoms. The number of anilines is 1. The molecule has 120 valence electrons. The fourth-order valence-corrected chi connectivity index (χ4v) is 2.21. The lowest BCUT2D eigenvalue weighted by Gasteiger charge is -2.06. The second-order valence-electron chi connectivity index (χ2n) is 4.96. The van der Waals surface area contributed by atoms with Gasteiger partial charge >= 0.3 is 0 Å². The Labute approximate surface area is 132 Å². The minimum absolute atomic E-state index is 0.0249. The van der Waals surface area contributed by atoms with E-state index in [1.54, 1.807) is 17.1 Å². The summed E-state index contributed by atoms with van der Waals surface area (Å²) in [6, 6.07) is 3.74. The number of rotatable bonds is 7. The van der Waals surface area contributed by atoms with Gasteiger partial charge in [0, 0.05) is 13.0 Å². The largest absolute Gasteiger partial charge is 0.467 e. The zero-order chi connectivity index (χ0) is 16.1. The van der Waals surface area contributed by atoms with Crippen LogP contribution in [0.4, 0.5) is 5.82 Å². The summed E-state index contributed by atoms with van der Waals surface area (Å²) in [5.74, 6) is 1.55. The number of carbonyl (C=O) groups is 1. The van der Waals surface area contributed by atoms with Crippen molar-refractivity contribution in [3.05, 3.63) is 36.7 Å². The Hall–Kier alpha value is -2.90. The van der Waals surface area contributed by atoms with Gasteiger partial charge in [-0.05, 0) is 12.1 Å². The van der Waals surface area contributed by atoms with E-state index in [0.717, 1.165) is 16.8 Å². The Kier molecular flexibility index (Phi) is 4.51. The van der Waals surface area contributed by atoms with Crippen molar-refractivity contribution >= 4 is 22.8 Å². The van der Waals surface area contributed by atoms with Gasteiger partial charge in [0.1, 0.15) is 17.9 Å². The van der Waals surface area contributed by atoms with Crippen LogP contribution in [0.3, 0.4) is 0 Å². The van der Waals surface area contributed by atoms with Crippen LogP contribution in [0.25, 0.3) is 11.0 Å². The molecule has 2 N–H and O–H groups in total. The van der Waals surface area contributed by atoms with E-state index in [1.807, 2.05) is 19.1 Å². The van der Waals surface area contributed by atoms with Crippen molar-refractivity contribution in [3.63, 3.8) is 0 Å². The molecule has 0 saturated heterocycles. The van der Waals surface area contributed by atoms with Gasteiger partial charge in [0.05, 0.1) is 30.9 Å². The molecular formula is C15H18N6O2. The van der Waals surface area contributed by atoms with Crippen molar-refractivity contribution in [2.24, 2.45) is 0 Å². The van der Waals surface area contributed by atoms with Crippen molar-refractivity contribution in [2.75, 3.05) is 11.9 Å². The molecule has 0 fully saturated rings. The lowest BCUT2D eigenvalue weighted by molar-refractivity contribution is -0.120. The number of amides is 1. The molecule has 23 heavy (non-hydrogen) atoms. The molecular weight excluding hydrogens is 296 g/mol. The SMILES string of the molecule is CCC(=O)NCCn1ncc2c(NCc3ccco3)ncnc21. The highest BCUT2D eigenvalue weighted by atomic mass is 16.3. The van der Waals surface area contributed by atoms with Gasteiger partial charge in [-0.25, -0.2) is 14.6 Å². The van der Waals surface area contributed by atoms with E-state index in [2.05, 4.69) is 25.7 Å². The smallest absolute Gasteiger partial charge is 0.219 e. The number of hydrogen-bond donors (Lipinski definition) is 2. The van der Waals surface area contributed by atoms with Crippen LogP contribution >= 0.6 is 0 Å². The Balaban J connectivity index is 1.70. The molecule has 0 aliphatic heterocycles. The molecule has 3 aromatic rings. The second kappa shape index (κ2) is 6.91. The summed E-state index contributed by atoms with van der Waals surface area (Å²) in [5, 5.41) is 11.2. The minimum atomic E-state index is 0.0249. The van der Waals surface area contributed by atoms with Gasteiger partial charge in [0.2, 0.25) is 5.91 Å². The molecule has 0 aliphatic rings. The van der Waals surface area contributed by atoms with Crippen LogP contribution in [0.5, 0.6) is 0 Å². The molecule has 0 spiro atoms. The predicted octanol–water partition coefficient (Wildman–Crippen LogP) is 1.56. The molecule has 0 atom stereocenters. The molecule has 3 rings (SSSR count). The summed E-state index contributed by atoms with van der Waals surface area (Å²) in [7, 11) is 0. The van der Waals surface area contributed by atoms with Crippen LogP contribution in [0.1, 0.15) is 19.1 Å². The van der Waals surface area contributed by atoms with Crippen LogP contribution in [-0.4, -0.2) is 32.2 Å². The van der Waals surface area contributed by atoms with Gasteiger partial charge in [0.25, 0.3) is 0 Å². The van der Waals surface area contributed by atoms with Crippen molar-refractivity contribution < 1.29 is 9.21 Å². The third kappa shape index (κ3) is 3.47. The van der Waals surface area contributed by atoms with Crippen molar-refractivity contribution in [2.45, 2.75) is 26.4 Å². The standard InChI is InChI=1S/C15H18N6O2/c1-2-13(22)16-5-6-21-15-12(9-20-21)14(18-10-19-15)17-8-11-4-3-7-23-11/h3-4,7,9-10H,2,5-6,8H2,1H3,(H,16,22)(H,17,18,19). The molecule has 1 amide bonds. The van der Waals surface area contributed by atoms with Gasteiger partial charge in [-0.3, -0.25) is 4.79 Å². The first-order valence-electron chi connectivity index (χ1n) is 7.47. The lowest BCUT2D eigenvalue weighted by atomic mass is 10.3. The van der Waals surface area contributed by atoms with Gasteiger partial charge in [-0.15, -0.1) is 0 Å². The van der Waals surface area contributed by atoms with E-state index in [1.165, 1.54) is 6.33 Å². The van der Waals surface area contributed by atoms with E-state index in [9.17, 15) is 4.79 Å². The minimum Gasteiger partial charge on any atom is -0.467 e. The molecule has 3 aromatic heterocycles. The third-order valence-electron chi connectivity index (χ3n) is 3.41. The first-order valence-corrected chi connectivity index (χ1v) is 7.47. The summed E-state index contributed by atoms with van der Waals surface area (Å²) in [6.07, 6.45) is 5.33. The summed E-state index contributed by atoms with van der Waals surface area (Å²) in [5.41, 5.74) is 0.729. The Morgan fingerprint density at radius 2 is 2.30 bits per heavy atom. The van der Waals surface area contributed by atoms with E-state index in [-0.39, 0.29) is 5.91 Å². The van der Waals surface area contributed by atoms with Crippen molar-refractivity contribution in [1.82, 2.24) is 25.1 Å². The van der Waals surface area contributed by atoms with Crippen molar-refractivity contribution in [1.29, 1.82) is 0 Å². The van der Waals surface area contributed by atoms with E-state index >= 15 is 0 Å². The number of hydrogen-bond acceptors (Lipinski definition) is 6. The van der Waals surface area contributed by atoms with Gasteiger partial charge in [-0.1, -0.05) is 6.92 Å². The molecule has 0 bridgehead atoms. The highest BCUT2D eigenvalue weighted by Gasteiger charge is 2.10. The average Bonchev–Trinajstić information content (AvgIpc) is 3.23. The zero-order valence-electron chi connectivity index (χ0n) is 12.8. The summed E-state index contributed by atoms with van der Waals surface area (Å²) in [4.78, 5) is 19.8. The lowest BCUT2D eigenvalue weighted by Crippen LogP contribution is -2.26. The normalized spacial score (nSPS) is 10.8. The van der Waals surface area contributed by atoms with Gasteiger partial charge < -0.3 is 15.1 Å². The number of carbonyl (C=O) groups excluding carboxylic acids is 1. The molecule has 0 aliphatic carbocycles. The second-order valence-corrected chi connectivity index (χ2v) is 4.96. The Morgan fingerprint density at radius 1 is 1.39 bits per heavy atom. The summed E-state index contributed by atoms with van der Waals surface area (Å²) >= 11 is 0. The van der Waals surface area contributed by atoms with Crippen molar-refractivity contribution in [3.8, 4) is 0 Å². The van der Waals surface area contributed by atoms with Gasteiger partial charge in [-0.2, -0.15) is 5.10 Å². The highest BCUT2D eigenvalue weighted by Crippen LogP contribution is 2.19. The van der Waals surface area contributed by atoms with Crippen LogP contribution in [-0.2, 0) is 17.9 Å². The van der Waals surface area contributed by atoms with Crippen LogP contribution in [0.2, 0.25) is 0 Å². The monoisotopic (exact) mass is 314 g/mol. The number of fused-ring (bicyclic) bond motifs is 1. The van der Waals surface area contributed by atoms with E-state index in [0.29, 0.717) is 31.9 Å². The van der Waals surface area contributed by atoms with E-state index in [4.69, 9.17) is 4.42 Å². The Morgan fingerprint density at radius 3 is 3.09 bits per heavy atom. The molecule has 0 unspecified atom stereocenters. The summed E-state index contributed by atoms with van der Waals surface area (Å²) < 4.78 is 7.05. The third-order valence-corrected chi connectivity index (χ3v) is 3.41. The maximum absolute atomic E-state index is 11.3. The first-order chi connectivity index (χ1) is 11.3. The number of furan rings is 1. The fourth-order valence-electron chi connectivity index (χ4n) is 2.21. The Bertz CT molecular complexity index is 780. The molecule has 3 heterocycles. The molecule has 0 aromatic carbocycles. The van der Waals surface area contributed by atoms with Crippen LogP contribution in [0.15, 0.2) is 35.3 Å². The molecule has 0 saturated carbocycles. The zero-order valence-corrected chi connectivity index (χ0v) is 12.8. The first kappa shape index (κ1) is 15.0. The highest BCUT2D eigenvalue weighted by molar-refractivity contribution is 5.86. The fraction of sp³-hybridized carbons (Fsp3) is 0.333. The van der Waals surface area contributed by atoms with Crippen LogP contribution < -0.4 is 10.6 Å². The van der Waals surface area contributed by atoms with Crippen LogP contribution in [0, 0.1) is 0 Å². The predicted molar refractivity (Wildman–Crippen MR) is 84.7 cm³/mol. The number of nitrogens with zero attached hydrogens (tertiary/aromatic N) is 4.